The van der Waals surface area contributed by atoms with Gasteiger partial charge >= 0.3 is 0 Å². The molecule has 2 aliphatic rings. The Kier molecular flexibility index (Phi) is 5.25. The first-order valence-corrected chi connectivity index (χ1v) is 10.5. The first-order valence-electron chi connectivity index (χ1n) is 8.68. The molecule has 5 nitrogen and oxygen atoms in total. The molecule has 1 aromatic rings. The predicted octanol–water partition coefficient (Wildman–Crippen LogP) is 1.72. The summed E-state index contributed by atoms with van der Waals surface area (Å²) in [5.74, 6) is 0.871. The zero-order valence-corrected chi connectivity index (χ0v) is 15.0. The average Bonchev–Trinajstić information content (AvgIpc) is 2.93. The normalized spacial score (nSPS) is 27.3. The molecule has 6 heteroatoms. The van der Waals surface area contributed by atoms with Gasteiger partial charge in [0.25, 0.3) is 0 Å². The molecule has 1 aromatic carbocycles. The van der Waals surface area contributed by atoms with Gasteiger partial charge in [0.1, 0.15) is 0 Å². The van der Waals surface area contributed by atoms with Gasteiger partial charge in [-0.1, -0.05) is 30.3 Å². The summed E-state index contributed by atoms with van der Waals surface area (Å²) in [4.78, 5) is 16.8. The van der Waals surface area contributed by atoms with Crippen molar-refractivity contribution in [2.75, 3.05) is 38.2 Å². The SMILES string of the molecule is CN1CCN(C(=O)CCC2CCS(=O)(=O)C2)CC1c1ccccc1. The summed E-state index contributed by atoms with van der Waals surface area (Å²) < 4.78 is 23.0. The minimum absolute atomic E-state index is 0.160. The molecule has 2 aliphatic heterocycles. The van der Waals surface area contributed by atoms with Crippen molar-refractivity contribution in [3.63, 3.8) is 0 Å². The molecule has 1 amide bonds. The van der Waals surface area contributed by atoms with E-state index in [4.69, 9.17) is 0 Å². The predicted molar refractivity (Wildman–Crippen MR) is 94.4 cm³/mol. The van der Waals surface area contributed by atoms with E-state index in [0.29, 0.717) is 25.8 Å². The topological polar surface area (TPSA) is 57.7 Å². The third kappa shape index (κ3) is 4.16. The van der Waals surface area contributed by atoms with Crippen LogP contribution in [0.4, 0.5) is 0 Å². The maximum Gasteiger partial charge on any atom is 0.222 e. The Bertz CT molecular complexity index is 675. The number of hydrogen-bond donors (Lipinski definition) is 0. The number of piperazine rings is 1. The quantitative estimate of drug-likeness (QED) is 0.830. The van der Waals surface area contributed by atoms with Crippen LogP contribution in [-0.2, 0) is 14.6 Å². The standard InChI is InChI=1S/C18H26N2O3S/c1-19-10-11-20(13-17(19)16-5-3-2-4-6-16)18(21)8-7-15-9-12-24(22,23)14-15/h2-6,15,17H,7-14H2,1H3. The number of rotatable bonds is 4. The zero-order chi connectivity index (χ0) is 17.2. The van der Waals surface area contributed by atoms with Gasteiger partial charge in [0.2, 0.25) is 5.91 Å². The number of benzene rings is 1. The highest BCUT2D eigenvalue weighted by Gasteiger charge is 2.31. The van der Waals surface area contributed by atoms with Crippen LogP contribution in [-0.4, -0.2) is 62.3 Å². The van der Waals surface area contributed by atoms with Crippen molar-refractivity contribution in [2.45, 2.75) is 25.3 Å². The summed E-state index contributed by atoms with van der Waals surface area (Å²) in [6.45, 7) is 2.33. The first-order chi connectivity index (χ1) is 11.4. The summed E-state index contributed by atoms with van der Waals surface area (Å²) in [5, 5.41) is 0. The van der Waals surface area contributed by atoms with Gasteiger partial charge < -0.3 is 4.90 Å². The molecule has 0 spiro atoms. The molecule has 0 N–H and O–H groups in total. The molecule has 2 heterocycles. The van der Waals surface area contributed by atoms with Crippen molar-refractivity contribution in [3.8, 4) is 0 Å². The highest BCUT2D eigenvalue weighted by molar-refractivity contribution is 7.91. The second-order valence-corrected chi connectivity index (χ2v) is 9.28. The average molecular weight is 350 g/mol. The van der Waals surface area contributed by atoms with Crippen LogP contribution in [0.1, 0.15) is 30.9 Å². The molecule has 132 valence electrons. The fourth-order valence-corrected chi connectivity index (χ4v) is 5.63. The molecule has 2 saturated heterocycles. The van der Waals surface area contributed by atoms with E-state index in [1.807, 2.05) is 23.1 Å². The summed E-state index contributed by atoms with van der Waals surface area (Å²) in [6.07, 6.45) is 1.87. The Morgan fingerprint density at radius 1 is 1.21 bits per heavy atom. The van der Waals surface area contributed by atoms with E-state index < -0.39 is 9.84 Å². The lowest BCUT2D eigenvalue weighted by Gasteiger charge is -2.40. The van der Waals surface area contributed by atoms with Crippen LogP contribution in [0, 0.1) is 5.92 Å². The van der Waals surface area contributed by atoms with Crippen LogP contribution in [0.3, 0.4) is 0 Å². The van der Waals surface area contributed by atoms with E-state index >= 15 is 0 Å². The van der Waals surface area contributed by atoms with Crippen molar-refractivity contribution in [1.82, 2.24) is 9.80 Å². The van der Waals surface area contributed by atoms with Crippen molar-refractivity contribution in [1.29, 1.82) is 0 Å². The smallest absolute Gasteiger partial charge is 0.222 e. The summed E-state index contributed by atoms with van der Waals surface area (Å²) >= 11 is 0. The van der Waals surface area contributed by atoms with Crippen molar-refractivity contribution in [3.05, 3.63) is 35.9 Å². The van der Waals surface area contributed by atoms with Gasteiger partial charge in [0, 0.05) is 26.1 Å². The van der Waals surface area contributed by atoms with Crippen LogP contribution in [0.2, 0.25) is 0 Å². The van der Waals surface area contributed by atoms with Crippen LogP contribution >= 0.6 is 0 Å². The molecule has 0 aliphatic carbocycles. The molecule has 0 bridgehead atoms. The molecule has 3 rings (SSSR count). The lowest BCUT2D eigenvalue weighted by Crippen LogP contribution is -2.49. The van der Waals surface area contributed by atoms with Gasteiger partial charge in [-0.15, -0.1) is 0 Å². The third-order valence-electron chi connectivity index (χ3n) is 5.28. The molecular weight excluding hydrogens is 324 g/mol. The second kappa shape index (κ2) is 7.23. The van der Waals surface area contributed by atoms with Crippen molar-refractivity contribution < 1.29 is 13.2 Å². The van der Waals surface area contributed by atoms with Gasteiger partial charge in [-0.2, -0.15) is 0 Å². The van der Waals surface area contributed by atoms with Crippen molar-refractivity contribution >= 4 is 15.7 Å². The maximum atomic E-state index is 12.6. The molecule has 24 heavy (non-hydrogen) atoms. The van der Waals surface area contributed by atoms with E-state index in [1.165, 1.54) is 5.56 Å². The minimum Gasteiger partial charge on any atom is -0.339 e. The molecule has 0 saturated carbocycles. The molecule has 0 radical (unpaired) electrons. The molecule has 0 aromatic heterocycles. The van der Waals surface area contributed by atoms with Gasteiger partial charge in [-0.05, 0) is 31.4 Å². The van der Waals surface area contributed by atoms with Crippen LogP contribution in [0.25, 0.3) is 0 Å². The number of carbonyl (C=O) groups excluding carboxylic acids is 1. The minimum atomic E-state index is -2.85. The third-order valence-corrected chi connectivity index (χ3v) is 7.12. The highest BCUT2D eigenvalue weighted by Crippen LogP contribution is 2.26. The van der Waals surface area contributed by atoms with E-state index in [0.717, 1.165) is 13.1 Å². The van der Waals surface area contributed by atoms with E-state index in [2.05, 4.69) is 24.1 Å². The Labute approximate surface area is 144 Å². The molecule has 2 atom stereocenters. The van der Waals surface area contributed by atoms with Gasteiger partial charge in [0.05, 0.1) is 17.5 Å². The molecular formula is C18H26N2O3S. The van der Waals surface area contributed by atoms with E-state index in [9.17, 15) is 13.2 Å². The number of carbonyl (C=O) groups is 1. The van der Waals surface area contributed by atoms with Gasteiger partial charge in [0.15, 0.2) is 9.84 Å². The van der Waals surface area contributed by atoms with E-state index in [1.54, 1.807) is 0 Å². The molecule has 2 fully saturated rings. The zero-order valence-electron chi connectivity index (χ0n) is 14.2. The first kappa shape index (κ1) is 17.4. The molecule has 2 unspecified atom stereocenters. The largest absolute Gasteiger partial charge is 0.339 e. The number of hydrogen-bond acceptors (Lipinski definition) is 4. The Morgan fingerprint density at radius 2 is 1.96 bits per heavy atom. The van der Waals surface area contributed by atoms with Crippen LogP contribution < -0.4 is 0 Å². The Morgan fingerprint density at radius 3 is 2.62 bits per heavy atom. The Balaban J connectivity index is 1.55. The van der Waals surface area contributed by atoms with Gasteiger partial charge in [-0.3, -0.25) is 9.69 Å². The fourth-order valence-electron chi connectivity index (χ4n) is 3.72. The number of nitrogens with zero attached hydrogens (tertiary/aromatic N) is 2. The highest BCUT2D eigenvalue weighted by atomic mass is 32.2. The lowest BCUT2D eigenvalue weighted by molar-refractivity contribution is -0.134. The van der Waals surface area contributed by atoms with Crippen molar-refractivity contribution in [2.24, 2.45) is 5.92 Å². The summed E-state index contributed by atoms with van der Waals surface area (Å²) in [7, 11) is -0.752. The van der Waals surface area contributed by atoms with Crippen LogP contribution in [0.15, 0.2) is 30.3 Å². The second-order valence-electron chi connectivity index (χ2n) is 7.05. The maximum absolute atomic E-state index is 12.6. The number of amides is 1. The van der Waals surface area contributed by atoms with E-state index in [-0.39, 0.29) is 29.4 Å². The fraction of sp³-hybridized carbons (Fsp3) is 0.611. The lowest BCUT2D eigenvalue weighted by atomic mass is 10.0. The number of likely N-dealkylation sites (N-methyl/N-ethyl adjacent to an activating group) is 1. The number of sulfone groups is 1. The van der Waals surface area contributed by atoms with Crippen LogP contribution in [0.5, 0.6) is 0 Å². The van der Waals surface area contributed by atoms with Gasteiger partial charge in [-0.25, -0.2) is 8.42 Å². The summed E-state index contributed by atoms with van der Waals surface area (Å²) in [6, 6.07) is 10.5. The monoisotopic (exact) mass is 350 g/mol. The summed E-state index contributed by atoms with van der Waals surface area (Å²) in [5.41, 5.74) is 1.24. The Hall–Kier alpha value is -1.40.